The highest BCUT2D eigenvalue weighted by atomic mass is 16.5. The zero-order valence-electron chi connectivity index (χ0n) is 13.2. The molecule has 1 aromatic rings. The molecule has 1 saturated heterocycles. The summed E-state index contributed by atoms with van der Waals surface area (Å²) < 4.78 is 5.66. The van der Waals surface area contributed by atoms with Crippen LogP contribution >= 0.6 is 0 Å². The number of ether oxygens (including phenoxy) is 1. The van der Waals surface area contributed by atoms with E-state index in [-0.39, 0.29) is 12.0 Å². The molecule has 3 nitrogen and oxygen atoms in total. The van der Waals surface area contributed by atoms with Gasteiger partial charge in [-0.05, 0) is 56.4 Å². The van der Waals surface area contributed by atoms with E-state index in [1.807, 2.05) is 49.1 Å². The first kappa shape index (κ1) is 15.6. The smallest absolute Gasteiger partial charge is 0.246 e. The SMILES string of the molecule is CC1CCN(C(=O)/C=C/c2cccc(OC(C)C)c2)CC1. The molecule has 1 amide bonds. The van der Waals surface area contributed by atoms with Gasteiger partial charge in [-0.3, -0.25) is 4.79 Å². The Bertz CT molecular complexity index is 500. The highest BCUT2D eigenvalue weighted by Crippen LogP contribution is 2.18. The van der Waals surface area contributed by atoms with Gasteiger partial charge in [-0.2, -0.15) is 0 Å². The quantitative estimate of drug-likeness (QED) is 0.789. The number of rotatable bonds is 4. The van der Waals surface area contributed by atoms with Crippen molar-refractivity contribution in [2.24, 2.45) is 5.92 Å². The van der Waals surface area contributed by atoms with Crippen molar-refractivity contribution < 1.29 is 9.53 Å². The Morgan fingerprint density at radius 2 is 2.05 bits per heavy atom. The molecule has 0 aromatic heterocycles. The molecule has 0 aliphatic carbocycles. The molecule has 114 valence electrons. The third-order valence-electron chi connectivity index (χ3n) is 3.74. The van der Waals surface area contributed by atoms with Crippen LogP contribution in [0.5, 0.6) is 5.75 Å². The second-order valence-corrected chi connectivity index (χ2v) is 6.08. The van der Waals surface area contributed by atoms with Gasteiger partial charge in [0.1, 0.15) is 5.75 Å². The van der Waals surface area contributed by atoms with Gasteiger partial charge in [0.2, 0.25) is 5.91 Å². The number of piperidine rings is 1. The molecule has 1 heterocycles. The summed E-state index contributed by atoms with van der Waals surface area (Å²) in [5.74, 6) is 1.69. The van der Waals surface area contributed by atoms with Gasteiger partial charge >= 0.3 is 0 Å². The van der Waals surface area contributed by atoms with Crippen molar-refractivity contribution in [2.45, 2.75) is 39.7 Å². The molecule has 0 bridgehead atoms. The molecule has 1 aliphatic rings. The standard InChI is InChI=1S/C18H25NO2/c1-14(2)21-17-6-4-5-16(13-17)7-8-18(20)19-11-9-15(3)10-12-19/h4-8,13-15H,9-12H2,1-3H3/b8-7+. The summed E-state index contributed by atoms with van der Waals surface area (Å²) >= 11 is 0. The van der Waals surface area contributed by atoms with Crippen molar-refractivity contribution in [1.29, 1.82) is 0 Å². The number of hydrogen-bond donors (Lipinski definition) is 0. The van der Waals surface area contributed by atoms with Crippen LogP contribution < -0.4 is 4.74 Å². The number of amides is 1. The largest absolute Gasteiger partial charge is 0.491 e. The van der Waals surface area contributed by atoms with E-state index in [2.05, 4.69) is 6.92 Å². The second kappa shape index (κ2) is 7.30. The van der Waals surface area contributed by atoms with E-state index in [0.717, 1.165) is 43.2 Å². The lowest BCUT2D eigenvalue weighted by atomic mass is 9.99. The van der Waals surface area contributed by atoms with E-state index in [9.17, 15) is 4.79 Å². The maximum Gasteiger partial charge on any atom is 0.246 e. The van der Waals surface area contributed by atoms with Gasteiger partial charge in [0, 0.05) is 19.2 Å². The van der Waals surface area contributed by atoms with Gasteiger partial charge in [0.15, 0.2) is 0 Å². The van der Waals surface area contributed by atoms with Crippen molar-refractivity contribution in [3.05, 3.63) is 35.9 Å². The van der Waals surface area contributed by atoms with Gasteiger partial charge in [-0.15, -0.1) is 0 Å². The molecule has 0 unspecified atom stereocenters. The molecule has 1 fully saturated rings. The summed E-state index contributed by atoms with van der Waals surface area (Å²) in [6.45, 7) is 8.01. The number of carbonyl (C=O) groups excluding carboxylic acids is 1. The van der Waals surface area contributed by atoms with E-state index >= 15 is 0 Å². The number of benzene rings is 1. The molecule has 0 atom stereocenters. The molecule has 3 heteroatoms. The van der Waals surface area contributed by atoms with Crippen LogP contribution in [0.2, 0.25) is 0 Å². The minimum atomic E-state index is 0.108. The predicted octanol–water partition coefficient (Wildman–Crippen LogP) is 3.75. The van der Waals surface area contributed by atoms with Crippen molar-refractivity contribution in [2.75, 3.05) is 13.1 Å². The maximum absolute atomic E-state index is 12.1. The third-order valence-corrected chi connectivity index (χ3v) is 3.74. The van der Waals surface area contributed by atoms with Crippen molar-refractivity contribution in [3.8, 4) is 5.75 Å². The van der Waals surface area contributed by atoms with Crippen molar-refractivity contribution in [3.63, 3.8) is 0 Å². The fourth-order valence-electron chi connectivity index (χ4n) is 2.47. The second-order valence-electron chi connectivity index (χ2n) is 6.08. The Balaban J connectivity index is 1.95. The summed E-state index contributed by atoms with van der Waals surface area (Å²) in [4.78, 5) is 14.1. The van der Waals surface area contributed by atoms with Gasteiger partial charge in [-0.1, -0.05) is 19.1 Å². The van der Waals surface area contributed by atoms with Crippen LogP contribution in [0.25, 0.3) is 6.08 Å². The lowest BCUT2D eigenvalue weighted by molar-refractivity contribution is -0.127. The Labute approximate surface area is 127 Å². The zero-order chi connectivity index (χ0) is 15.2. The summed E-state index contributed by atoms with van der Waals surface area (Å²) in [7, 11) is 0. The van der Waals surface area contributed by atoms with Crippen molar-refractivity contribution >= 4 is 12.0 Å². The van der Waals surface area contributed by atoms with Crippen LogP contribution in [0.4, 0.5) is 0 Å². The van der Waals surface area contributed by atoms with E-state index in [1.165, 1.54) is 0 Å². The molecular formula is C18H25NO2. The monoisotopic (exact) mass is 287 g/mol. The number of hydrogen-bond acceptors (Lipinski definition) is 2. The molecule has 1 aliphatic heterocycles. The van der Waals surface area contributed by atoms with Crippen LogP contribution in [0.15, 0.2) is 30.3 Å². The molecule has 0 spiro atoms. The first-order valence-corrected chi connectivity index (χ1v) is 7.78. The van der Waals surface area contributed by atoms with Gasteiger partial charge < -0.3 is 9.64 Å². The molecule has 0 saturated carbocycles. The molecular weight excluding hydrogens is 262 g/mol. The van der Waals surface area contributed by atoms with Crippen LogP contribution in [0.3, 0.4) is 0 Å². The number of carbonyl (C=O) groups is 1. The van der Waals surface area contributed by atoms with E-state index in [0.29, 0.717) is 0 Å². The average molecular weight is 287 g/mol. The summed E-state index contributed by atoms with van der Waals surface area (Å²) in [6.07, 6.45) is 5.91. The zero-order valence-corrected chi connectivity index (χ0v) is 13.2. The lowest BCUT2D eigenvalue weighted by Gasteiger charge is -2.29. The molecule has 2 rings (SSSR count). The Kier molecular flexibility index (Phi) is 5.43. The summed E-state index contributed by atoms with van der Waals surface area (Å²) in [6, 6.07) is 7.83. The topological polar surface area (TPSA) is 29.5 Å². The molecule has 0 radical (unpaired) electrons. The van der Waals surface area contributed by atoms with E-state index in [1.54, 1.807) is 6.08 Å². The normalized spacial score (nSPS) is 16.7. The van der Waals surface area contributed by atoms with Crippen LogP contribution in [0.1, 0.15) is 39.2 Å². The number of likely N-dealkylation sites (tertiary alicyclic amines) is 1. The average Bonchev–Trinajstić information content (AvgIpc) is 2.45. The fourth-order valence-corrected chi connectivity index (χ4v) is 2.47. The summed E-state index contributed by atoms with van der Waals surface area (Å²) in [5.41, 5.74) is 0.992. The molecule has 1 aromatic carbocycles. The highest BCUT2D eigenvalue weighted by molar-refractivity contribution is 5.91. The minimum Gasteiger partial charge on any atom is -0.491 e. The Morgan fingerprint density at radius 1 is 1.33 bits per heavy atom. The maximum atomic E-state index is 12.1. The number of nitrogens with zero attached hydrogens (tertiary/aromatic N) is 1. The Hall–Kier alpha value is -1.77. The highest BCUT2D eigenvalue weighted by Gasteiger charge is 2.18. The van der Waals surface area contributed by atoms with Crippen molar-refractivity contribution in [1.82, 2.24) is 4.90 Å². The van der Waals surface area contributed by atoms with Gasteiger partial charge in [0.05, 0.1) is 6.10 Å². The predicted molar refractivity (Wildman–Crippen MR) is 86.2 cm³/mol. The van der Waals surface area contributed by atoms with E-state index < -0.39 is 0 Å². The lowest BCUT2D eigenvalue weighted by Crippen LogP contribution is -2.36. The van der Waals surface area contributed by atoms with Crippen LogP contribution in [-0.2, 0) is 4.79 Å². The first-order valence-electron chi connectivity index (χ1n) is 7.78. The Morgan fingerprint density at radius 3 is 2.71 bits per heavy atom. The fraction of sp³-hybridized carbons (Fsp3) is 0.500. The van der Waals surface area contributed by atoms with Crippen LogP contribution in [-0.4, -0.2) is 30.0 Å². The molecule has 21 heavy (non-hydrogen) atoms. The first-order chi connectivity index (χ1) is 10.0. The van der Waals surface area contributed by atoms with Gasteiger partial charge in [0.25, 0.3) is 0 Å². The minimum absolute atomic E-state index is 0.108. The van der Waals surface area contributed by atoms with Gasteiger partial charge in [-0.25, -0.2) is 0 Å². The summed E-state index contributed by atoms with van der Waals surface area (Å²) in [5, 5.41) is 0. The molecule has 0 N–H and O–H groups in total. The van der Waals surface area contributed by atoms with E-state index in [4.69, 9.17) is 4.74 Å². The third kappa shape index (κ3) is 4.92. The van der Waals surface area contributed by atoms with Crippen LogP contribution in [0, 0.1) is 5.92 Å².